The van der Waals surface area contributed by atoms with Crippen molar-refractivity contribution in [1.82, 2.24) is 4.90 Å². The van der Waals surface area contributed by atoms with E-state index in [4.69, 9.17) is 0 Å². The number of likely N-dealkylation sites (tertiary alicyclic amines) is 1. The lowest BCUT2D eigenvalue weighted by atomic mass is 9.80. The SMILES string of the molecule is CC(C)=C(C(=O)O)N1CCCC(C)C1(C)C. The van der Waals surface area contributed by atoms with E-state index in [0.717, 1.165) is 18.5 Å². The van der Waals surface area contributed by atoms with Crippen LogP contribution in [0.2, 0.25) is 0 Å². The maximum atomic E-state index is 11.3. The van der Waals surface area contributed by atoms with Gasteiger partial charge in [0.15, 0.2) is 0 Å². The summed E-state index contributed by atoms with van der Waals surface area (Å²) >= 11 is 0. The first kappa shape index (κ1) is 13.1. The van der Waals surface area contributed by atoms with Crippen molar-refractivity contribution in [2.24, 2.45) is 5.92 Å². The molecule has 1 aliphatic rings. The van der Waals surface area contributed by atoms with Crippen LogP contribution < -0.4 is 0 Å². The first-order valence-electron chi connectivity index (χ1n) is 5.97. The van der Waals surface area contributed by atoms with E-state index in [9.17, 15) is 9.90 Å². The van der Waals surface area contributed by atoms with Gasteiger partial charge < -0.3 is 10.0 Å². The third-order valence-corrected chi connectivity index (χ3v) is 3.87. The van der Waals surface area contributed by atoms with Crippen LogP contribution in [0, 0.1) is 5.92 Å². The Balaban J connectivity index is 3.11. The predicted octanol–water partition coefficient (Wildman–Crippen LogP) is 2.88. The minimum absolute atomic E-state index is 0.0662. The van der Waals surface area contributed by atoms with Gasteiger partial charge >= 0.3 is 5.97 Å². The number of piperidine rings is 1. The second-order valence-electron chi connectivity index (χ2n) is 5.50. The van der Waals surface area contributed by atoms with Gasteiger partial charge in [-0.3, -0.25) is 0 Å². The van der Waals surface area contributed by atoms with Crippen LogP contribution in [-0.4, -0.2) is 28.1 Å². The van der Waals surface area contributed by atoms with Crippen molar-refractivity contribution >= 4 is 5.97 Å². The smallest absolute Gasteiger partial charge is 0.352 e. The molecule has 16 heavy (non-hydrogen) atoms. The molecule has 1 N–H and O–H groups in total. The van der Waals surface area contributed by atoms with Gasteiger partial charge in [-0.05, 0) is 52.0 Å². The van der Waals surface area contributed by atoms with Crippen LogP contribution in [0.1, 0.15) is 47.5 Å². The van der Waals surface area contributed by atoms with Crippen molar-refractivity contribution in [3.05, 3.63) is 11.3 Å². The summed E-state index contributed by atoms with van der Waals surface area (Å²) in [6.45, 7) is 11.1. The monoisotopic (exact) mass is 225 g/mol. The molecule has 1 aliphatic heterocycles. The number of carbonyl (C=O) groups is 1. The number of aliphatic carboxylic acids is 1. The van der Waals surface area contributed by atoms with Gasteiger partial charge in [0.1, 0.15) is 5.70 Å². The Kier molecular flexibility index (Phi) is 3.66. The zero-order valence-electron chi connectivity index (χ0n) is 11.0. The normalized spacial score (nSPS) is 24.1. The zero-order chi connectivity index (χ0) is 12.5. The number of rotatable bonds is 2. The van der Waals surface area contributed by atoms with E-state index in [1.807, 2.05) is 13.8 Å². The quantitative estimate of drug-likeness (QED) is 0.735. The second-order valence-corrected chi connectivity index (χ2v) is 5.50. The summed E-state index contributed by atoms with van der Waals surface area (Å²) in [5.41, 5.74) is 1.30. The van der Waals surface area contributed by atoms with Crippen molar-refractivity contribution < 1.29 is 9.90 Å². The van der Waals surface area contributed by atoms with Crippen molar-refractivity contribution in [1.29, 1.82) is 0 Å². The lowest BCUT2D eigenvalue weighted by Crippen LogP contribution is -2.53. The molecule has 1 saturated heterocycles. The summed E-state index contributed by atoms with van der Waals surface area (Å²) in [6, 6.07) is 0. The molecule has 0 amide bonds. The van der Waals surface area contributed by atoms with Gasteiger partial charge in [0.2, 0.25) is 0 Å². The number of allylic oxidation sites excluding steroid dienone is 1. The van der Waals surface area contributed by atoms with Crippen LogP contribution in [0.15, 0.2) is 11.3 Å². The third kappa shape index (κ3) is 2.23. The minimum atomic E-state index is -0.804. The molecule has 1 heterocycles. The van der Waals surface area contributed by atoms with Gasteiger partial charge in [0.25, 0.3) is 0 Å². The fraction of sp³-hybridized carbons (Fsp3) is 0.769. The molecule has 0 aliphatic carbocycles. The molecule has 0 aromatic carbocycles. The predicted molar refractivity (Wildman–Crippen MR) is 65.2 cm³/mol. The number of carboxylic acids is 1. The molecule has 3 nitrogen and oxygen atoms in total. The largest absolute Gasteiger partial charge is 0.477 e. The Labute approximate surface area is 98.1 Å². The highest BCUT2D eigenvalue weighted by Crippen LogP contribution is 2.36. The van der Waals surface area contributed by atoms with Crippen LogP contribution >= 0.6 is 0 Å². The average molecular weight is 225 g/mol. The number of hydrogen-bond donors (Lipinski definition) is 1. The minimum Gasteiger partial charge on any atom is -0.477 e. The first-order valence-corrected chi connectivity index (χ1v) is 5.97. The Morgan fingerprint density at radius 2 is 1.94 bits per heavy atom. The molecule has 0 aromatic rings. The van der Waals surface area contributed by atoms with Gasteiger partial charge in [-0.25, -0.2) is 4.79 Å². The van der Waals surface area contributed by atoms with Crippen LogP contribution in [0.3, 0.4) is 0 Å². The van der Waals surface area contributed by atoms with Gasteiger partial charge in [-0.1, -0.05) is 6.92 Å². The highest BCUT2D eigenvalue weighted by atomic mass is 16.4. The molecule has 1 unspecified atom stereocenters. The van der Waals surface area contributed by atoms with Crippen molar-refractivity contribution in [3.8, 4) is 0 Å². The maximum Gasteiger partial charge on any atom is 0.352 e. The third-order valence-electron chi connectivity index (χ3n) is 3.87. The van der Waals surface area contributed by atoms with E-state index in [1.165, 1.54) is 6.42 Å². The molecular formula is C13H23NO2. The Bertz CT molecular complexity index is 314. The van der Waals surface area contributed by atoms with E-state index < -0.39 is 5.97 Å². The van der Waals surface area contributed by atoms with E-state index in [-0.39, 0.29) is 5.54 Å². The molecule has 0 saturated carbocycles. The zero-order valence-corrected chi connectivity index (χ0v) is 11.0. The summed E-state index contributed by atoms with van der Waals surface area (Å²) < 4.78 is 0. The molecule has 1 rings (SSSR count). The highest BCUT2D eigenvalue weighted by Gasteiger charge is 2.38. The van der Waals surface area contributed by atoms with Gasteiger partial charge in [-0.15, -0.1) is 0 Å². The van der Waals surface area contributed by atoms with E-state index >= 15 is 0 Å². The van der Waals surface area contributed by atoms with Crippen molar-refractivity contribution in [2.45, 2.75) is 53.0 Å². The van der Waals surface area contributed by atoms with Crippen molar-refractivity contribution in [3.63, 3.8) is 0 Å². The standard InChI is InChI=1S/C13H23NO2/c1-9(2)11(12(15)16)14-8-6-7-10(3)13(14,4)5/h10H,6-8H2,1-5H3,(H,15,16). The fourth-order valence-corrected chi connectivity index (χ4v) is 2.46. The number of carboxylic acid groups (broad SMARTS) is 1. The van der Waals surface area contributed by atoms with E-state index in [1.54, 1.807) is 0 Å². The summed E-state index contributed by atoms with van der Waals surface area (Å²) in [5.74, 6) is -0.280. The Morgan fingerprint density at radius 1 is 1.38 bits per heavy atom. The summed E-state index contributed by atoms with van der Waals surface area (Å²) in [7, 11) is 0. The summed E-state index contributed by atoms with van der Waals surface area (Å²) in [4.78, 5) is 13.4. The average Bonchev–Trinajstić information content (AvgIpc) is 2.12. The van der Waals surface area contributed by atoms with Gasteiger partial charge in [-0.2, -0.15) is 0 Å². The van der Waals surface area contributed by atoms with E-state index in [0.29, 0.717) is 11.6 Å². The number of hydrogen-bond acceptors (Lipinski definition) is 2. The Morgan fingerprint density at radius 3 is 2.38 bits per heavy atom. The number of nitrogens with zero attached hydrogens (tertiary/aromatic N) is 1. The molecule has 1 atom stereocenters. The highest BCUT2D eigenvalue weighted by molar-refractivity contribution is 5.86. The molecule has 0 radical (unpaired) electrons. The Hall–Kier alpha value is -0.990. The molecule has 1 fully saturated rings. The molecule has 0 spiro atoms. The van der Waals surface area contributed by atoms with Crippen LogP contribution in [0.25, 0.3) is 0 Å². The van der Waals surface area contributed by atoms with Gasteiger partial charge in [0.05, 0.1) is 0 Å². The van der Waals surface area contributed by atoms with E-state index in [2.05, 4.69) is 25.7 Å². The van der Waals surface area contributed by atoms with Gasteiger partial charge in [0, 0.05) is 12.1 Å². The molecular weight excluding hydrogens is 202 g/mol. The fourth-order valence-electron chi connectivity index (χ4n) is 2.46. The second kappa shape index (κ2) is 4.48. The maximum absolute atomic E-state index is 11.3. The molecule has 92 valence electrons. The molecule has 0 aromatic heterocycles. The lowest BCUT2D eigenvalue weighted by molar-refractivity contribution is -0.136. The van der Waals surface area contributed by atoms with Crippen LogP contribution in [0.5, 0.6) is 0 Å². The summed E-state index contributed by atoms with van der Waals surface area (Å²) in [5, 5.41) is 9.31. The van der Waals surface area contributed by atoms with Crippen LogP contribution in [0.4, 0.5) is 0 Å². The first-order chi connectivity index (χ1) is 7.28. The summed E-state index contributed by atoms with van der Waals surface area (Å²) in [6.07, 6.45) is 2.26. The van der Waals surface area contributed by atoms with Crippen LogP contribution in [-0.2, 0) is 4.79 Å². The lowest BCUT2D eigenvalue weighted by Gasteiger charge is -2.48. The van der Waals surface area contributed by atoms with Crippen molar-refractivity contribution in [2.75, 3.05) is 6.54 Å². The molecule has 0 bridgehead atoms. The topological polar surface area (TPSA) is 40.5 Å². The molecule has 3 heteroatoms.